The first kappa shape index (κ1) is 8.08. The van der Waals surface area contributed by atoms with Crippen LogP contribution in [-0.4, -0.2) is 16.1 Å². The van der Waals surface area contributed by atoms with Crippen molar-refractivity contribution in [3.05, 3.63) is 17.2 Å². The molecule has 0 bridgehead atoms. The summed E-state index contributed by atoms with van der Waals surface area (Å²) in [5.74, 6) is 0. The van der Waals surface area contributed by atoms with Gasteiger partial charge < -0.3 is 9.88 Å². The maximum atomic E-state index is 5.95. The van der Waals surface area contributed by atoms with Crippen LogP contribution in [0.1, 0.15) is 24.6 Å². The van der Waals surface area contributed by atoms with E-state index in [0.717, 1.165) is 12.2 Å². The largest absolute Gasteiger partial charge is 0.335 e. The van der Waals surface area contributed by atoms with Gasteiger partial charge in [-0.05, 0) is 19.4 Å². The zero-order valence-corrected chi connectivity index (χ0v) is 7.80. The fourth-order valence-corrected chi connectivity index (χ4v) is 2.03. The molecule has 1 atom stereocenters. The molecule has 1 aromatic heterocycles. The van der Waals surface area contributed by atoms with Gasteiger partial charge in [-0.1, -0.05) is 11.6 Å². The summed E-state index contributed by atoms with van der Waals surface area (Å²) < 4.78 is 1.99. The third-order valence-electron chi connectivity index (χ3n) is 2.33. The van der Waals surface area contributed by atoms with Crippen molar-refractivity contribution < 1.29 is 0 Å². The molecule has 1 aliphatic heterocycles. The molecule has 2 heterocycles. The van der Waals surface area contributed by atoms with E-state index in [9.17, 15) is 0 Å². The van der Waals surface area contributed by atoms with Gasteiger partial charge in [0.2, 0.25) is 0 Å². The summed E-state index contributed by atoms with van der Waals surface area (Å²) in [7, 11) is 1.98. The minimum Gasteiger partial charge on any atom is -0.335 e. The maximum Gasteiger partial charge on any atom is 0.151 e. The Morgan fingerprint density at radius 1 is 1.75 bits per heavy atom. The van der Waals surface area contributed by atoms with Gasteiger partial charge in [-0.3, -0.25) is 0 Å². The summed E-state index contributed by atoms with van der Waals surface area (Å²) in [6.07, 6.45) is 4.16. The number of hydrogen-bond acceptors (Lipinski definition) is 2. The van der Waals surface area contributed by atoms with Crippen LogP contribution in [0.3, 0.4) is 0 Å². The number of halogens is 1. The van der Waals surface area contributed by atoms with Gasteiger partial charge in [-0.2, -0.15) is 0 Å². The first-order valence-corrected chi connectivity index (χ1v) is 4.57. The van der Waals surface area contributed by atoms with Gasteiger partial charge in [-0.25, -0.2) is 4.98 Å². The van der Waals surface area contributed by atoms with Crippen LogP contribution >= 0.6 is 11.6 Å². The molecular weight excluding hydrogens is 174 g/mol. The Hall–Kier alpha value is -0.540. The van der Waals surface area contributed by atoms with Gasteiger partial charge >= 0.3 is 0 Å². The molecule has 1 unspecified atom stereocenters. The van der Waals surface area contributed by atoms with Crippen LogP contribution in [0.5, 0.6) is 0 Å². The second kappa shape index (κ2) is 3.07. The van der Waals surface area contributed by atoms with Crippen molar-refractivity contribution in [1.82, 2.24) is 14.9 Å². The smallest absolute Gasteiger partial charge is 0.151 e. The lowest BCUT2D eigenvalue weighted by Gasteiger charge is -2.10. The van der Waals surface area contributed by atoms with E-state index in [1.807, 2.05) is 11.6 Å². The van der Waals surface area contributed by atoms with Gasteiger partial charge in [0, 0.05) is 7.05 Å². The minimum absolute atomic E-state index is 0.407. The molecule has 1 N–H and O–H groups in total. The standard InChI is InChI=1S/C8H12ClN3/c1-12-5-11-8(9)7(12)6-3-2-4-10-6/h5-6,10H,2-4H2,1H3. The normalized spacial score (nSPS) is 23.3. The molecule has 1 saturated heterocycles. The number of nitrogens with zero attached hydrogens (tertiary/aromatic N) is 2. The number of rotatable bonds is 1. The van der Waals surface area contributed by atoms with Gasteiger partial charge in [0.25, 0.3) is 0 Å². The second-order valence-corrected chi connectivity index (χ2v) is 3.54. The molecule has 4 heteroatoms. The Bertz CT molecular complexity index is 256. The zero-order chi connectivity index (χ0) is 8.55. The average Bonchev–Trinajstić information content (AvgIpc) is 2.61. The predicted octanol–water partition coefficient (Wildman–Crippen LogP) is 1.50. The molecule has 0 saturated carbocycles. The van der Waals surface area contributed by atoms with Crippen LogP contribution in [0.15, 0.2) is 6.33 Å². The molecule has 66 valence electrons. The fourth-order valence-electron chi connectivity index (χ4n) is 1.72. The highest BCUT2D eigenvalue weighted by atomic mass is 35.5. The summed E-state index contributed by atoms with van der Waals surface area (Å²) in [6.45, 7) is 1.09. The van der Waals surface area contributed by atoms with E-state index in [1.54, 1.807) is 6.33 Å². The summed E-state index contributed by atoms with van der Waals surface area (Å²) in [5.41, 5.74) is 1.12. The molecule has 0 amide bonds. The van der Waals surface area contributed by atoms with Crippen molar-refractivity contribution in [2.45, 2.75) is 18.9 Å². The number of aryl methyl sites for hydroxylation is 1. The van der Waals surface area contributed by atoms with Crippen LogP contribution in [-0.2, 0) is 7.05 Å². The van der Waals surface area contributed by atoms with Crippen molar-refractivity contribution in [3.8, 4) is 0 Å². The summed E-state index contributed by atoms with van der Waals surface area (Å²) >= 11 is 5.95. The number of imidazole rings is 1. The number of aromatic nitrogens is 2. The molecule has 1 aliphatic rings. The molecule has 0 aromatic carbocycles. The Labute approximate surface area is 76.7 Å². The van der Waals surface area contributed by atoms with Crippen LogP contribution in [0.25, 0.3) is 0 Å². The molecule has 12 heavy (non-hydrogen) atoms. The van der Waals surface area contributed by atoms with E-state index >= 15 is 0 Å². The monoisotopic (exact) mass is 185 g/mol. The third-order valence-corrected chi connectivity index (χ3v) is 2.62. The van der Waals surface area contributed by atoms with Crippen LogP contribution in [0.4, 0.5) is 0 Å². The van der Waals surface area contributed by atoms with Crippen molar-refractivity contribution >= 4 is 11.6 Å². The highest BCUT2D eigenvalue weighted by molar-refractivity contribution is 6.30. The van der Waals surface area contributed by atoms with Crippen molar-refractivity contribution in [1.29, 1.82) is 0 Å². The lowest BCUT2D eigenvalue weighted by Crippen LogP contribution is -2.15. The predicted molar refractivity (Wildman–Crippen MR) is 48.2 cm³/mol. The number of nitrogens with one attached hydrogen (secondary N) is 1. The summed E-state index contributed by atoms with van der Waals surface area (Å²) in [6, 6.07) is 0.407. The molecule has 1 aromatic rings. The zero-order valence-electron chi connectivity index (χ0n) is 7.05. The Kier molecular flexibility index (Phi) is 2.07. The molecule has 1 fully saturated rings. The first-order valence-electron chi connectivity index (χ1n) is 4.19. The molecule has 0 aliphatic carbocycles. The van der Waals surface area contributed by atoms with E-state index in [2.05, 4.69) is 10.3 Å². The fraction of sp³-hybridized carbons (Fsp3) is 0.625. The minimum atomic E-state index is 0.407. The van der Waals surface area contributed by atoms with Gasteiger partial charge in [0.1, 0.15) is 0 Å². The third kappa shape index (κ3) is 1.23. The van der Waals surface area contributed by atoms with Crippen LogP contribution in [0, 0.1) is 0 Å². The topological polar surface area (TPSA) is 29.9 Å². The van der Waals surface area contributed by atoms with E-state index in [1.165, 1.54) is 12.8 Å². The average molecular weight is 186 g/mol. The van der Waals surface area contributed by atoms with Crippen molar-refractivity contribution in [2.24, 2.45) is 7.05 Å². The van der Waals surface area contributed by atoms with Crippen molar-refractivity contribution in [3.63, 3.8) is 0 Å². The van der Waals surface area contributed by atoms with E-state index in [4.69, 9.17) is 11.6 Å². The highest BCUT2D eigenvalue weighted by Gasteiger charge is 2.21. The summed E-state index contributed by atoms with van der Waals surface area (Å²) in [4.78, 5) is 4.05. The van der Waals surface area contributed by atoms with E-state index in [-0.39, 0.29) is 0 Å². The Balaban J connectivity index is 2.30. The number of hydrogen-bond donors (Lipinski definition) is 1. The second-order valence-electron chi connectivity index (χ2n) is 3.18. The lowest BCUT2D eigenvalue weighted by atomic mass is 10.2. The van der Waals surface area contributed by atoms with Crippen LogP contribution in [0.2, 0.25) is 5.15 Å². The maximum absolute atomic E-state index is 5.95. The molecule has 2 rings (SSSR count). The van der Waals surface area contributed by atoms with Gasteiger partial charge in [0.05, 0.1) is 18.1 Å². The highest BCUT2D eigenvalue weighted by Crippen LogP contribution is 2.27. The van der Waals surface area contributed by atoms with Crippen molar-refractivity contribution in [2.75, 3.05) is 6.54 Å². The molecule has 0 radical (unpaired) electrons. The summed E-state index contributed by atoms with van der Waals surface area (Å²) in [5, 5.41) is 4.03. The molecule has 3 nitrogen and oxygen atoms in total. The lowest BCUT2D eigenvalue weighted by molar-refractivity contribution is 0.600. The van der Waals surface area contributed by atoms with Crippen LogP contribution < -0.4 is 5.32 Å². The SMILES string of the molecule is Cn1cnc(Cl)c1C1CCCN1. The Morgan fingerprint density at radius 3 is 3.08 bits per heavy atom. The Morgan fingerprint density at radius 2 is 2.58 bits per heavy atom. The molecule has 0 spiro atoms. The van der Waals surface area contributed by atoms with E-state index in [0.29, 0.717) is 11.2 Å². The van der Waals surface area contributed by atoms with E-state index < -0.39 is 0 Å². The first-order chi connectivity index (χ1) is 5.79. The molecular formula is C8H12ClN3. The van der Waals surface area contributed by atoms with Gasteiger partial charge in [0.15, 0.2) is 5.15 Å². The quantitative estimate of drug-likeness (QED) is 0.719. The van der Waals surface area contributed by atoms with Gasteiger partial charge in [-0.15, -0.1) is 0 Å².